The molecule has 0 aromatic heterocycles. The lowest BCUT2D eigenvalue weighted by molar-refractivity contribution is -0.384. The van der Waals surface area contributed by atoms with Crippen LogP contribution in [0.5, 0.6) is 0 Å². The molecule has 1 aliphatic heterocycles. The summed E-state index contributed by atoms with van der Waals surface area (Å²) in [7, 11) is 0. The van der Waals surface area contributed by atoms with E-state index < -0.39 is 10.7 Å². The highest BCUT2D eigenvalue weighted by Gasteiger charge is 2.22. The van der Waals surface area contributed by atoms with Crippen molar-refractivity contribution in [3.05, 3.63) is 34.1 Å². The zero-order chi connectivity index (χ0) is 13.1. The Morgan fingerprint density at radius 2 is 2.17 bits per heavy atom. The van der Waals surface area contributed by atoms with Crippen LogP contribution in [-0.2, 0) is 0 Å². The molecule has 5 heteroatoms. The summed E-state index contributed by atoms with van der Waals surface area (Å²) in [6, 6.07) is 3.66. The fraction of sp³-hybridized carbons (Fsp3) is 0.538. The molecule has 1 heterocycles. The molecular weight excluding hydrogens is 235 g/mol. The van der Waals surface area contributed by atoms with Gasteiger partial charge < -0.3 is 4.90 Å². The molecule has 98 valence electrons. The first-order chi connectivity index (χ1) is 8.58. The molecule has 0 saturated carbocycles. The zero-order valence-electron chi connectivity index (χ0n) is 10.4. The van der Waals surface area contributed by atoms with E-state index in [1.54, 1.807) is 0 Å². The topological polar surface area (TPSA) is 46.4 Å². The molecular formula is C13H17FN2O2. The third kappa shape index (κ3) is 2.78. The van der Waals surface area contributed by atoms with Gasteiger partial charge in [0.1, 0.15) is 11.5 Å². The van der Waals surface area contributed by atoms with E-state index in [1.165, 1.54) is 12.1 Å². The fourth-order valence-corrected chi connectivity index (χ4v) is 2.41. The van der Waals surface area contributed by atoms with Crippen LogP contribution in [0, 0.1) is 21.8 Å². The third-order valence-electron chi connectivity index (χ3n) is 3.49. The summed E-state index contributed by atoms with van der Waals surface area (Å²) in [5.41, 5.74) is 0.403. The van der Waals surface area contributed by atoms with Crippen LogP contribution < -0.4 is 4.90 Å². The van der Waals surface area contributed by atoms with Gasteiger partial charge in [-0.3, -0.25) is 10.1 Å². The number of nitrogens with zero attached hydrogens (tertiary/aromatic N) is 2. The molecule has 18 heavy (non-hydrogen) atoms. The van der Waals surface area contributed by atoms with E-state index in [-0.39, 0.29) is 5.69 Å². The van der Waals surface area contributed by atoms with Gasteiger partial charge in [-0.25, -0.2) is 4.39 Å². The van der Waals surface area contributed by atoms with Crippen LogP contribution in [0.1, 0.15) is 26.2 Å². The number of rotatable bonds is 2. The first kappa shape index (κ1) is 12.8. The van der Waals surface area contributed by atoms with E-state index in [0.717, 1.165) is 38.4 Å². The Morgan fingerprint density at radius 1 is 1.39 bits per heavy atom. The Balaban J connectivity index is 2.30. The predicted octanol–water partition coefficient (Wildman–Crippen LogP) is 3.36. The third-order valence-corrected chi connectivity index (χ3v) is 3.49. The smallest absolute Gasteiger partial charge is 0.292 e. The lowest BCUT2D eigenvalue weighted by atomic mass is 10.0. The average molecular weight is 252 g/mol. The fourth-order valence-electron chi connectivity index (χ4n) is 2.41. The summed E-state index contributed by atoms with van der Waals surface area (Å²) < 4.78 is 13.3. The molecule has 0 spiro atoms. The van der Waals surface area contributed by atoms with E-state index >= 15 is 0 Å². The van der Waals surface area contributed by atoms with Crippen molar-refractivity contribution in [2.24, 2.45) is 5.92 Å². The lowest BCUT2D eigenvalue weighted by Crippen LogP contribution is -2.25. The van der Waals surface area contributed by atoms with Crippen molar-refractivity contribution in [3.63, 3.8) is 0 Å². The molecule has 4 nitrogen and oxygen atoms in total. The van der Waals surface area contributed by atoms with Crippen LogP contribution in [-0.4, -0.2) is 18.0 Å². The van der Waals surface area contributed by atoms with Crippen molar-refractivity contribution in [1.82, 2.24) is 0 Å². The molecule has 1 saturated heterocycles. The molecule has 1 unspecified atom stereocenters. The minimum Gasteiger partial charge on any atom is -0.366 e. The summed E-state index contributed by atoms with van der Waals surface area (Å²) in [5.74, 6) is 0.204. The number of benzene rings is 1. The van der Waals surface area contributed by atoms with Crippen molar-refractivity contribution in [2.75, 3.05) is 18.0 Å². The van der Waals surface area contributed by atoms with Crippen molar-refractivity contribution >= 4 is 11.4 Å². The van der Waals surface area contributed by atoms with E-state index in [4.69, 9.17) is 0 Å². The van der Waals surface area contributed by atoms with Gasteiger partial charge in [0.05, 0.1) is 4.92 Å². The Labute approximate surface area is 106 Å². The van der Waals surface area contributed by atoms with Crippen LogP contribution in [0.25, 0.3) is 0 Å². The van der Waals surface area contributed by atoms with E-state index in [1.807, 2.05) is 4.90 Å². The Kier molecular flexibility index (Phi) is 3.79. The van der Waals surface area contributed by atoms with Gasteiger partial charge in [0.15, 0.2) is 0 Å². The second kappa shape index (κ2) is 5.33. The van der Waals surface area contributed by atoms with Crippen LogP contribution in [0.2, 0.25) is 0 Å². The minimum atomic E-state index is -0.441. The van der Waals surface area contributed by atoms with Gasteiger partial charge in [-0.1, -0.05) is 6.92 Å². The zero-order valence-corrected chi connectivity index (χ0v) is 10.4. The summed E-state index contributed by atoms with van der Waals surface area (Å²) in [6.45, 7) is 3.70. The van der Waals surface area contributed by atoms with Crippen LogP contribution in [0.15, 0.2) is 18.2 Å². The molecule has 1 aliphatic rings. The second-order valence-corrected chi connectivity index (χ2v) is 4.91. The summed E-state index contributed by atoms with van der Waals surface area (Å²) >= 11 is 0. The maximum absolute atomic E-state index is 13.3. The monoisotopic (exact) mass is 252 g/mol. The van der Waals surface area contributed by atoms with Crippen molar-refractivity contribution in [1.29, 1.82) is 0 Å². The van der Waals surface area contributed by atoms with Gasteiger partial charge in [0.25, 0.3) is 5.69 Å². The molecule has 0 bridgehead atoms. The largest absolute Gasteiger partial charge is 0.366 e. The molecule has 0 amide bonds. The average Bonchev–Trinajstić information content (AvgIpc) is 2.53. The SMILES string of the molecule is CC1CCCN(c2cc(F)ccc2[N+](=O)[O-])CC1. The number of hydrogen-bond acceptors (Lipinski definition) is 3. The molecule has 1 aromatic rings. The van der Waals surface area contributed by atoms with Gasteiger partial charge in [-0.05, 0) is 31.2 Å². The Hall–Kier alpha value is -1.65. The van der Waals surface area contributed by atoms with Gasteiger partial charge in [0.2, 0.25) is 0 Å². The second-order valence-electron chi connectivity index (χ2n) is 4.91. The first-order valence-electron chi connectivity index (χ1n) is 6.27. The number of hydrogen-bond donors (Lipinski definition) is 0. The molecule has 1 aromatic carbocycles. The standard InChI is InChI=1S/C13H17FN2O2/c1-10-3-2-7-15(8-6-10)13-9-11(14)4-5-12(13)16(17)18/h4-5,9-10H,2-3,6-8H2,1H3. The van der Waals surface area contributed by atoms with Crippen molar-refractivity contribution in [3.8, 4) is 0 Å². The van der Waals surface area contributed by atoms with Crippen LogP contribution >= 0.6 is 0 Å². The summed E-state index contributed by atoms with van der Waals surface area (Å²) in [6.07, 6.45) is 3.11. The van der Waals surface area contributed by atoms with Crippen LogP contribution in [0.3, 0.4) is 0 Å². The van der Waals surface area contributed by atoms with Crippen molar-refractivity contribution in [2.45, 2.75) is 26.2 Å². The van der Waals surface area contributed by atoms with Crippen molar-refractivity contribution < 1.29 is 9.31 Å². The highest BCUT2D eigenvalue weighted by atomic mass is 19.1. The number of halogens is 1. The molecule has 1 fully saturated rings. The highest BCUT2D eigenvalue weighted by Crippen LogP contribution is 2.31. The Morgan fingerprint density at radius 3 is 2.89 bits per heavy atom. The van der Waals surface area contributed by atoms with Gasteiger partial charge in [0, 0.05) is 25.2 Å². The maximum Gasteiger partial charge on any atom is 0.292 e. The van der Waals surface area contributed by atoms with E-state index in [0.29, 0.717) is 11.6 Å². The summed E-state index contributed by atoms with van der Waals surface area (Å²) in [4.78, 5) is 12.5. The van der Waals surface area contributed by atoms with E-state index in [2.05, 4.69) is 6.92 Å². The quantitative estimate of drug-likeness (QED) is 0.599. The molecule has 0 N–H and O–H groups in total. The first-order valence-corrected chi connectivity index (χ1v) is 6.27. The normalized spacial score (nSPS) is 20.6. The number of nitro groups is 1. The maximum atomic E-state index is 13.3. The predicted molar refractivity (Wildman–Crippen MR) is 68.3 cm³/mol. The molecule has 1 atom stereocenters. The highest BCUT2D eigenvalue weighted by molar-refractivity contribution is 5.63. The van der Waals surface area contributed by atoms with Gasteiger partial charge >= 0.3 is 0 Å². The van der Waals surface area contributed by atoms with Gasteiger partial charge in [-0.2, -0.15) is 0 Å². The molecule has 2 rings (SSSR count). The molecule has 0 aliphatic carbocycles. The number of anilines is 1. The minimum absolute atomic E-state index is 0.00838. The molecule has 0 radical (unpaired) electrons. The Bertz CT molecular complexity index is 451. The van der Waals surface area contributed by atoms with Gasteiger partial charge in [-0.15, -0.1) is 0 Å². The number of nitro benzene ring substituents is 1. The van der Waals surface area contributed by atoms with Crippen LogP contribution in [0.4, 0.5) is 15.8 Å². The van der Waals surface area contributed by atoms with E-state index in [9.17, 15) is 14.5 Å². The lowest BCUT2D eigenvalue weighted by Gasteiger charge is -2.22. The summed E-state index contributed by atoms with van der Waals surface area (Å²) in [5, 5.41) is 11.0.